The summed E-state index contributed by atoms with van der Waals surface area (Å²) in [5, 5.41) is 0. The first-order chi connectivity index (χ1) is 5.70. The Balaban J connectivity index is 3.40. The molecular formula is C6H13N3O3. The first-order valence-electron chi connectivity index (χ1n) is 3.47. The minimum atomic E-state index is -0.400. The first-order valence-corrected chi connectivity index (χ1v) is 3.47. The van der Waals surface area contributed by atoms with E-state index in [1.807, 2.05) is 0 Å². The molecule has 0 spiro atoms. The van der Waals surface area contributed by atoms with Gasteiger partial charge in [0.1, 0.15) is 6.61 Å². The van der Waals surface area contributed by atoms with Crippen LogP contribution in [0.1, 0.15) is 6.42 Å². The van der Waals surface area contributed by atoms with Crippen molar-refractivity contribution in [3.05, 3.63) is 0 Å². The zero-order valence-corrected chi connectivity index (χ0v) is 6.92. The Morgan fingerprint density at radius 3 is 2.42 bits per heavy atom. The van der Waals surface area contributed by atoms with Gasteiger partial charge in [-0.3, -0.25) is 20.4 Å². The van der Waals surface area contributed by atoms with E-state index < -0.39 is 5.91 Å². The number of hydrazine groups is 1. The lowest BCUT2D eigenvalue weighted by molar-refractivity contribution is -0.130. The molecule has 0 aliphatic carbocycles. The maximum Gasteiger partial charge on any atom is 0.264 e. The molecule has 12 heavy (non-hydrogen) atoms. The van der Waals surface area contributed by atoms with Crippen LogP contribution in [-0.4, -0.2) is 32.1 Å². The van der Waals surface area contributed by atoms with Crippen LogP contribution in [0.3, 0.4) is 0 Å². The molecule has 0 rings (SSSR count). The number of hydrogen-bond acceptors (Lipinski definition) is 4. The minimum Gasteiger partial charge on any atom is -0.375 e. The molecule has 0 heterocycles. The Morgan fingerprint density at radius 2 is 1.92 bits per heavy atom. The largest absolute Gasteiger partial charge is 0.375 e. The number of hydrogen-bond donors (Lipinski definition) is 3. The highest BCUT2D eigenvalue weighted by molar-refractivity contribution is 5.82. The van der Waals surface area contributed by atoms with Crippen molar-refractivity contribution in [3.8, 4) is 0 Å². The van der Waals surface area contributed by atoms with E-state index in [1.54, 1.807) is 0 Å². The lowest BCUT2D eigenvalue weighted by Gasteiger charge is -2.04. The van der Waals surface area contributed by atoms with Crippen LogP contribution >= 0.6 is 0 Å². The standard InChI is InChI=1S/C6H13N3O3/c1-12-4-6(11)9-8-5(10)2-3-7/h2-4,7H2,1H3,(H,8,10)(H,9,11). The summed E-state index contributed by atoms with van der Waals surface area (Å²) < 4.78 is 4.51. The van der Waals surface area contributed by atoms with Crippen LogP contribution in [-0.2, 0) is 14.3 Å². The summed E-state index contributed by atoms with van der Waals surface area (Å²) in [5.74, 6) is -0.718. The quantitative estimate of drug-likeness (QED) is 0.436. The van der Waals surface area contributed by atoms with Crippen molar-refractivity contribution in [3.63, 3.8) is 0 Å². The summed E-state index contributed by atoms with van der Waals surface area (Å²) >= 11 is 0. The van der Waals surface area contributed by atoms with Crippen molar-refractivity contribution < 1.29 is 14.3 Å². The number of ether oxygens (including phenoxy) is 1. The van der Waals surface area contributed by atoms with Crippen LogP contribution < -0.4 is 16.6 Å². The molecule has 0 bridgehead atoms. The van der Waals surface area contributed by atoms with E-state index in [2.05, 4.69) is 15.6 Å². The Kier molecular flexibility index (Phi) is 5.94. The fraction of sp³-hybridized carbons (Fsp3) is 0.667. The van der Waals surface area contributed by atoms with E-state index in [4.69, 9.17) is 5.73 Å². The Morgan fingerprint density at radius 1 is 1.33 bits per heavy atom. The lowest BCUT2D eigenvalue weighted by Crippen LogP contribution is -2.43. The third kappa shape index (κ3) is 5.63. The summed E-state index contributed by atoms with van der Waals surface area (Å²) in [6, 6.07) is 0. The van der Waals surface area contributed by atoms with Crippen molar-refractivity contribution in [2.75, 3.05) is 20.3 Å². The molecule has 0 aliphatic rings. The van der Waals surface area contributed by atoms with Gasteiger partial charge in [0.05, 0.1) is 0 Å². The SMILES string of the molecule is COCC(=O)NNC(=O)CCN. The van der Waals surface area contributed by atoms with E-state index in [0.29, 0.717) is 0 Å². The van der Waals surface area contributed by atoms with Gasteiger partial charge < -0.3 is 10.5 Å². The Bertz CT molecular complexity index is 142. The van der Waals surface area contributed by atoms with E-state index in [1.165, 1.54) is 7.11 Å². The summed E-state index contributed by atoms with van der Waals surface area (Å²) in [5.41, 5.74) is 9.42. The molecule has 0 aromatic carbocycles. The minimum absolute atomic E-state index is 0.0805. The Hall–Kier alpha value is -1.14. The van der Waals surface area contributed by atoms with Gasteiger partial charge in [0, 0.05) is 20.1 Å². The maximum atomic E-state index is 10.7. The van der Waals surface area contributed by atoms with Crippen LogP contribution in [0, 0.1) is 0 Å². The molecule has 0 aromatic rings. The van der Waals surface area contributed by atoms with Crippen LogP contribution in [0.15, 0.2) is 0 Å². The average Bonchev–Trinajstić information content (AvgIpc) is 2.02. The third-order valence-electron chi connectivity index (χ3n) is 0.988. The van der Waals surface area contributed by atoms with Gasteiger partial charge in [-0.05, 0) is 0 Å². The maximum absolute atomic E-state index is 10.7. The number of amides is 2. The summed E-state index contributed by atoms with van der Waals surface area (Å²) in [6.45, 7) is 0.175. The molecule has 6 heteroatoms. The van der Waals surface area contributed by atoms with Crippen molar-refractivity contribution in [2.24, 2.45) is 5.73 Å². The highest BCUT2D eigenvalue weighted by Gasteiger charge is 2.01. The van der Waals surface area contributed by atoms with E-state index in [-0.39, 0.29) is 25.5 Å². The fourth-order valence-corrected chi connectivity index (χ4v) is 0.500. The van der Waals surface area contributed by atoms with Gasteiger partial charge in [-0.15, -0.1) is 0 Å². The molecule has 4 N–H and O–H groups in total. The van der Waals surface area contributed by atoms with Crippen molar-refractivity contribution in [2.45, 2.75) is 6.42 Å². The second kappa shape index (κ2) is 6.56. The number of carbonyl (C=O) groups is 2. The van der Waals surface area contributed by atoms with Gasteiger partial charge in [0.15, 0.2) is 0 Å². The van der Waals surface area contributed by atoms with E-state index in [9.17, 15) is 9.59 Å². The summed E-state index contributed by atoms with van der Waals surface area (Å²) in [6.07, 6.45) is 0.188. The van der Waals surface area contributed by atoms with Crippen molar-refractivity contribution >= 4 is 11.8 Å². The van der Waals surface area contributed by atoms with Crippen LogP contribution in [0.4, 0.5) is 0 Å². The number of methoxy groups -OCH3 is 1. The molecule has 0 saturated carbocycles. The van der Waals surface area contributed by atoms with Gasteiger partial charge in [-0.1, -0.05) is 0 Å². The van der Waals surface area contributed by atoms with Crippen LogP contribution in [0.2, 0.25) is 0 Å². The smallest absolute Gasteiger partial charge is 0.264 e. The predicted molar refractivity (Wildman–Crippen MR) is 41.8 cm³/mol. The van der Waals surface area contributed by atoms with Gasteiger partial charge in [-0.2, -0.15) is 0 Å². The molecule has 2 amide bonds. The molecule has 0 aromatic heterocycles. The van der Waals surface area contributed by atoms with E-state index in [0.717, 1.165) is 0 Å². The third-order valence-corrected chi connectivity index (χ3v) is 0.988. The number of rotatable bonds is 4. The van der Waals surface area contributed by atoms with Crippen molar-refractivity contribution in [1.29, 1.82) is 0 Å². The van der Waals surface area contributed by atoms with Gasteiger partial charge >= 0.3 is 0 Å². The second-order valence-corrected chi connectivity index (χ2v) is 2.07. The van der Waals surface area contributed by atoms with Gasteiger partial charge in [0.2, 0.25) is 5.91 Å². The molecule has 0 saturated heterocycles. The monoisotopic (exact) mass is 175 g/mol. The molecule has 0 aliphatic heterocycles. The predicted octanol–water partition coefficient (Wildman–Crippen LogP) is -1.87. The van der Waals surface area contributed by atoms with Crippen LogP contribution in [0.25, 0.3) is 0 Å². The number of carbonyl (C=O) groups excluding carboxylic acids is 2. The molecular weight excluding hydrogens is 162 g/mol. The molecule has 6 nitrogen and oxygen atoms in total. The summed E-state index contributed by atoms with van der Waals surface area (Å²) in [7, 11) is 1.39. The highest BCUT2D eigenvalue weighted by Crippen LogP contribution is 1.72. The molecule has 70 valence electrons. The normalized spacial score (nSPS) is 9.17. The summed E-state index contributed by atoms with van der Waals surface area (Å²) in [4.78, 5) is 21.4. The topological polar surface area (TPSA) is 93.5 Å². The zero-order chi connectivity index (χ0) is 9.40. The van der Waals surface area contributed by atoms with Crippen molar-refractivity contribution in [1.82, 2.24) is 10.9 Å². The zero-order valence-electron chi connectivity index (χ0n) is 6.92. The molecule has 0 unspecified atom stereocenters. The second-order valence-electron chi connectivity index (χ2n) is 2.07. The van der Waals surface area contributed by atoms with Gasteiger partial charge in [-0.25, -0.2) is 0 Å². The first kappa shape index (κ1) is 10.9. The number of nitrogens with one attached hydrogen (secondary N) is 2. The Labute approximate surface area is 70.4 Å². The highest BCUT2D eigenvalue weighted by atomic mass is 16.5. The van der Waals surface area contributed by atoms with E-state index >= 15 is 0 Å². The lowest BCUT2D eigenvalue weighted by atomic mass is 10.4. The van der Waals surface area contributed by atoms with Gasteiger partial charge in [0.25, 0.3) is 5.91 Å². The average molecular weight is 175 g/mol. The fourth-order valence-electron chi connectivity index (χ4n) is 0.500. The molecule has 0 radical (unpaired) electrons. The molecule has 0 atom stereocenters. The van der Waals surface area contributed by atoms with Crippen LogP contribution in [0.5, 0.6) is 0 Å². The molecule has 0 fully saturated rings. The number of nitrogens with two attached hydrogens (primary N) is 1.